The van der Waals surface area contributed by atoms with E-state index in [1.807, 2.05) is 0 Å². The number of nitrogens with one attached hydrogen (secondary N) is 1. The zero-order valence-corrected chi connectivity index (χ0v) is 27.4. The van der Waals surface area contributed by atoms with Crippen LogP contribution >= 0.6 is 0 Å². The number of aliphatic hydroxyl groups excluding tert-OH is 8. The highest BCUT2D eigenvalue weighted by atomic mass is 16.7. The molecule has 10 atom stereocenters. The van der Waals surface area contributed by atoms with Crippen molar-refractivity contribution in [2.75, 3.05) is 26.4 Å². The van der Waals surface area contributed by atoms with Crippen LogP contribution in [0.5, 0.6) is 0 Å². The van der Waals surface area contributed by atoms with Gasteiger partial charge >= 0.3 is 0 Å². The second-order valence-electron chi connectivity index (χ2n) is 13.4. The van der Waals surface area contributed by atoms with Crippen molar-refractivity contribution in [3.63, 3.8) is 0 Å². The number of unbranched alkanes of at least 4 members (excludes halogenated alkanes) is 2. The predicted octanol–water partition coefficient (Wildman–Crippen LogP) is -0.559. The Morgan fingerprint density at radius 3 is 1.61 bits per heavy atom. The molecule has 14 heteroatoms. The quantitative estimate of drug-likeness (QED) is 0.0896. The highest BCUT2D eigenvalue weighted by molar-refractivity contribution is 5.77. The van der Waals surface area contributed by atoms with Gasteiger partial charge in [0.25, 0.3) is 0 Å². The van der Waals surface area contributed by atoms with Crippen molar-refractivity contribution >= 4 is 5.91 Å². The zero-order valence-electron chi connectivity index (χ0n) is 27.4. The normalized spacial score (nSPS) is 35.2. The van der Waals surface area contributed by atoms with Crippen LogP contribution in [0, 0.1) is 11.3 Å². The maximum Gasteiger partial charge on any atom is 0.220 e. The molecule has 3 aliphatic rings. The first-order valence-electron chi connectivity index (χ1n) is 17.1. The second-order valence-corrected chi connectivity index (χ2v) is 13.4. The topological polar surface area (TPSA) is 228 Å². The lowest BCUT2D eigenvalue weighted by Crippen LogP contribution is -2.60. The summed E-state index contributed by atoms with van der Waals surface area (Å²) >= 11 is 0. The molecule has 3 fully saturated rings. The Hall–Kier alpha value is -1.01. The van der Waals surface area contributed by atoms with Crippen molar-refractivity contribution in [3.8, 4) is 0 Å². The summed E-state index contributed by atoms with van der Waals surface area (Å²) in [6.07, 6.45) is -3.09. The molecule has 270 valence electrons. The smallest absolute Gasteiger partial charge is 0.220 e. The molecule has 4 unspecified atom stereocenters. The van der Waals surface area contributed by atoms with Crippen LogP contribution < -0.4 is 5.32 Å². The summed E-state index contributed by atoms with van der Waals surface area (Å²) < 4.78 is 22.4. The maximum absolute atomic E-state index is 13.9. The maximum atomic E-state index is 13.9. The molecule has 0 radical (unpaired) electrons. The minimum absolute atomic E-state index is 0.169. The molecule has 0 aromatic rings. The average Bonchev–Trinajstić information content (AvgIpc) is 3.06. The van der Waals surface area contributed by atoms with Crippen molar-refractivity contribution in [1.82, 2.24) is 5.32 Å². The van der Waals surface area contributed by atoms with Crippen LogP contribution in [-0.2, 0) is 23.7 Å². The molecule has 14 nitrogen and oxygen atoms in total. The van der Waals surface area contributed by atoms with Crippen LogP contribution in [0.3, 0.4) is 0 Å². The number of amides is 1. The summed E-state index contributed by atoms with van der Waals surface area (Å²) in [6.45, 7) is 2.43. The standard InChI is InChI=1S/C32H59NO13/c1-3-5-12-32(13-6-4-2,19-10-8-7-9-11-19)14-23(36)33-20(17-43-30-28(41)26(39)24(37)21(15-34)45-30)18-44-31-29(42)27(40)25(38)22(16-35)46-31/h19-22,24-31,34-35,37-42H,3-18H2,1-2H3,(H,33,36)/t20?,21?,22?,24-,25-,26?,27?,28+,29+,30-,31-/m0/s1. The fourth-order valence-corrected chi connectivity index (χ4v) is 7.19. The number of hydrogen-bond donors (Lipinski definition) is 9. The minimum Gasteiger partial charge on any atom is -0.394 e. The van der Waals surface area contributed by atoms with Gasteiger partial charge in [0.1, 0.15) is 48.8 Å². The third-order valence-corrected chi connectivity index (χ3v) is 10.0. The van der Waals surface area contributed by atoms with E-state index >= 15 is 0 Å². The number of aliphatic hydroxyl groups is 8. The van der Waals surface area contributed by atoms with E-state index < -0.39 is 80.7 Å². The van der Waals surface area contributed by atoms with Crippen LogP contribution in [0.2, 0.25) is 0 Å². The van der Waals surface area contributed by atoms with Gasteiger partial charge in [-0.25, -0.2) is 0 Å². The number of carbonyl (C=O) groups excluding carboxylic acids is 1. The van der Waals surface area contributed by atoms with Crippen molar-refractivity contribution < 1.29 is 64.6 Å². The van der Waals surface area contributed by atoms with Crippen LogP contribution in [-0.4, -0.2) is 141 Å². The van der Waals surface area contributed by atoms with Gasteiger partial charge in [0, 0.05) is 6.42 Å². The van der Waals surface area contributed by atoms with Crippen molar-refractivity contribution in [2.24, 2.45) is 11.3 Å². The van der Waals surface area contributed by atoms with Crippen molar-refractivity contribution in [2.45, 2.75) is 158 Å². The molecule has 9 N–H and O–H groups in total. The van der Waals surface area contributed by atoms with E-state index in [0.29, 0.717) is 12.3 Å². The Balaban J connectivity index is 1.78. The van der Waals surface area contributed by atoms with Gasteiger partial charge in [0.2, 0.25) is 5.91 Å². The number of ether oxygens (including phenoxy) is 4. The average molecular weight is 666 g/mol. The van der Waals surface area contributed by atoms with E-state index in [1.165, 1.54) is 6.42 Å². The second kappa shape index (κ2) is 19.2. The minimum atomic E-state index is -1.65. The summed E-state index contributed by atoms with van der Waals surface area (Å²) in [7, 11) is 0. The highest BCUT2D eigenvalue weighted by Gasteiger charge is 2.46. The largest absolute Gasteiger partial charge is 0.394 e. The Labute approximate surface area is 272 Å². The Bertz CT molecular complexity index is 825. The van der Waals surface area contributed by atoms with Gasteiger partial charge in [-0.1, -0.05) is 58.8 Å². The van der Waals surface area contributed by atoms with Gasteiger partial charge < -0.3 is 65.1 Å². The molecule has 3 rings (SSSR count). The molecule has 0 spiro atoms. The van der Waals surface area contributed by atoms with Crippen molar-refractivity contribution in [1.29, 1.82) is 0 Å². The molecule has 0 bridgehead atoms. The van der Waals surface area contributed by atoms with E-state index in [1.54, 1.807) is 0 Å². The number of rotatable bonds is 18. The molecule has 1 amide bonds. The first-order chi connectivity index (χ1) is 22.0. The molecule has 0 aromatic heterocycles. The third kappa shape index (κ3) is 10.3. The lowest BCUT2D eigenvalue weighted by atomic mass is 9.62. The van der Waals surface area contributed by atoms with Gasteiger partial charge in [-0.05, 0) is 37.0 Å². The Morgan fingerprint density at radius 2 is 1.20 bits per heavy atom. The summed E-state index contributed by atoms with van der Waals surface area (Å²) in [5, 5.41) is 83.7. The summed E-state index contributed by atoms with van der Waals surface area (Å²) in [5.74, 6) is 0.205. The summed E-state index contributed by atoms with van der Waals surface area (Å²) in [4.78, 5) is 13.9. The number of carbonyl (C=O) groups is 1. The highest BCUT2D eigenvalue weighted by Crippen LogP contribution is 2.48. The molecule has 2 heterocycles. The Morgan fingerprint density at radius 1 is 0.739 bits per heavy atom. The Kier molecular flexibility index (Phi) is 16.5. The first kappa shape index (κ1) is 39.4. The van der Waals surface area contributed by atoms with Crippen LogP contribution in [0.1, 0.15) is 90.9 Å². The molecule has 1 saturated carbocycles. The monoisotopic (exact) mass is 665 g/mol. The van der Waals surface area contributed by atoms with E-state index in [2.05, 4.69) is 19.2 Å². The van der Waals surface area contributed by atoms with E-state index in [-0.39, 0.29) is 24.5 Å². The van der Waals surface area contributed by atoms with Gasteiger partial charge in [-0.2, -0.15) is 0 Å². The molecule has 46 heavy (non-hydrogen) atoms. The van der Waals surface area contributed by atoms with Gasteiger partial charge in [-0.15, -0.1) is 0 Å². The summed E-state index contributed by atoms with van der Waals surface area (Å²) in [5.41, 5.74) is -0.169. The van der Waals surface area contributed by atoms with E-state index in [4.69, 9.17) is 18.9 Å². The molecule has 2 saturated heterocycles. The fourth-order valence-electron chi connectivity index (χ4n) is 7.19. The van der Waals surface area contributed by atoms with E-state index in [0.717, 1.165) is 64.2 Å². The zero-order chi connectivity index (χ0) is 33.9. The lowest BCUT2D eigenvalue weighted by molar-refractivity contribution is -0.309. The SMILES string of the molecule is CCCCC(CCCC)(CC(=O)NC(CO[C@H]1OC(CO)[C@H](O)C(O)[C@H]1O)CO[C@H]1OC(CO)[C@H](O)C(O)[C@H]1O)C1CCCCC1. The van der Waals surface area contributed by atoms with Gasteiger partial charge in [0.15, 0.2) is 12.6 Å². The lowest BCUT2D eigenvalue weighted by Gasteiger charge is -2.43. The fraction of sp³-hybridized carbons (Fsp3) is 0.969. The third-order valence-electron chi connectivity index (χ3n) is 10.0. The number of hydrogen-bond acceptors (Lipinski definition) is 13. The molecule has 2 aliphatic heterocycles. The molecule has 1 aliphatic carbocycles. The van der Waals surface area contributed by atoms with Crippen LogP contribution in [0.15, 0.2) is 0 Å². The first-order valence-corrected chi connectivity index (χ1v) is 17.1. The van der Waals surface area contributed by atoms with E-state index in [9.17, 15) is 45.6 Å². The van der Waals surface area contributed by atoms with Crippen LogP contribution in [0.4, 0.5) is 0 Å². The van der Waals surface area contributed by atoms with Crippen molar-refractivity contribution in [3.05, 3.63) is 0 Å². The predicted molar refractivity (Wildman–Crippen MR) is 164 cm³/mol. The molecular weight excluding hydrogens is 606 g/mol. The molecule has 0 aromatic carbocycles. The molecular formula is C32H59NO13. The van der Waals surface area contributed by atoms with Gasteiger partial charge in [-0.3, -0.25) is 4.79 Å². The summed E-state index contributed by atoms with van der Waals surface area (Å²) in [6, 6.07) is -0.895. The van der Waals surface area contributed by atoms with Gasteiger partial charge in [0.05, 0.1) is 32.5 Å². The van der Waals surface area contributed by atoms with Crippen LogP contribution in [0.25, 0.3) is 0 Å².